The van der Waals surface area contributed by atoms with E-state index in [0.29, 0.717) is 6.61 Å². The van der Waals surface area contributed by atoms with E-state index in [1.54, 1.807) is 0 Å². The van der Waals surface area contributed by atoms with Crippen molar-refractivity contribution in [2.75, 3.05) is 33.3 Å². The SMILES string of the molecule is CN1CCCCN(Cc2ccccc2)CCOC2(CC2)C1=O. The first kappa shape index (κ1) is 15.5. The van der Waals surface area contributed by atoms with Gasteiger partial charge in [0.25, 0.3) is 5.91 Å². The third-order valence-electron chi connectivity index (χ3n) is 4.69. The Balaban J connectivity index is 1.61. The third kappa shape index (κ3) is 3.68. The van der Waals surface area contributed by atoms with Crippen molar-refractivity contribution in [1.82, 2.24) is 9.80 Å². The molecule has 4 nitrogen and oxygen atoms in total. The second-order valence-corrected chi connectivity index (χ2v) is 6.54. The molecule has 0 radical (unpaired) electrons. The van der Waals surface area contributed by atoms with Crippen molar-refractivity contribution in [2.24, 2.45) is 0 Å². The van der Waals surface area contributed by atoms with E-state index < -0.39 is 5.60 Å². The van der Waals surface area contributed by atoms with Crippen LogP contribution in [0.4, 0.5) is 0 Å². The van der Waals surface area contributed by atoms with E-state index in [4.69, 9.17) is 4.74 Å². The van der Waals surface area contributed by atoms with E-state index in [9.17, 15) is 4.79 Å². The van der Waals surface area contributed by atoms with Gasteiger partial charge in [-0.15, -0.1) is 0 Å². The van der Waals surface area contributed by atoms with Crippen LogP contribution in [0.15, 0.2) is 30.3 Å². The molecular formula is C18H26N2O2. The Hall–Kier alpha value is -1.39. The lowest BCUT2D eigenvalue weighted by atomic mass is 10.2. The van der Waals surface area contributed by atoms with Crippen molar-refractivity contribution in [1.29, 1.82) is 0 Å². The molecule has 0 unspecified atom stereocenters. The number of benzene rings is 1. The fourth-order valence-corrected chi connectivity index (χ4v) is 3.15. The fraction of sp³-hybridized carbons (Fsp3) is 0.611. The largest absolute Gasteiger partial charge is 0.364 e. The molecular weight excluding hydrogens is 276 g/mol. The molecule has 22 heavy (non-hydrogen) atoms. The zero-order valence-electron chi connectivity index (χ0n) is 13.5. The number of ether oxygens (including phenoxy) is 1. The minimum atomic E-state index is -0.489. The Kier molecular flexibility index (Phi) is 4.79. The number of carbonyl (C=O) groups excluding carboxylic acids is 1. The van der Waals surface area contributed by atoms with Gasteiger partial charge in [0.2, 0.25) is 0 Å². The number of carbonyl (C=O) groups is 1. The van der Waals surface area contributed by atoms with Crippen LogP contribution in [0.3, 0.4) is 0 Å². The van der Waals surface area contributed by atoms with Gasteiger partial charge in [-0.2, -0.15) is 0 Å². The van der Waals surface area contributed by atoms with Crippen LogP contribution in [0.2, 0.25) is 0 Å². The highest BCUT2D eigenvalue weighted by molar-refractivity contribution is 5.88. The summed E-state index contributed by atoms with van der Waals surface area (Å²) in [5.41, 5.74) is 0.851. The number of nitrogens with zero attached hydrogens (tertiary/aromatic N) is 2. The fourth-order valence-electron chi connectivity index (χ4n) is 3.15. The van der Waals surface area contributed by atoms with E-state index in [1.165, 1.54) is 5.56 Å². The van der Waals surface area contributed by atoms with Gasteiger partial charge in [0.15, 0.2) is 0 Å². The summed E-state index contributed by atoms with van der Waals surface area (Å²) < 4.78 is 5.99. The molecule has 120 valence electrons. The summed E-state index contributed by atoms with van der Waals surface area (Å²) in [6, 6.07) is 10.6. The number of likely N-dealkylation sites (N-methyl/N-ethyl adjacent to an activating group) is 1. The predicted octanol–water partition coefficient (Wildman–Crippen LogP) is 2.29. The van der Waals surface area contributed by atoms with Crippen LogP contribution in [-0.4, -0.2) is 54.6 Å². The number of hydrogen-bond acceptors (Lipinski definition) is 3. The topological polar surface area (TPSA) is 32.8 Å². The van der Waals surface area contributed by atoms with Crippen molar-refractivity contribution in [2.45, 2.75) is 37.8 Å². The predicted molar refractivity (Wildman–Crippen MR) is 86.5 cm³/mol. The first-order valence-electron chi connectivity index (χ1n) is 8.35. The van der Waals surface area contributed by atoms with E-state index in [0.717, 1.165) is 51.9 Å². The van der Waals surface area contributed by atoms with Gasteiger partial charge in [-0.3, -0.25) is 9.69 Å². The van der Waals surface area contributed by atoms with Crippen LogP contribution in [-0.2, 0) is 16.1 Å². The van der Waals surface area contributed by atoms with Crippen LogP contribution in [0.25, 0.3) is 0 Å². The zero-order valence-corrected chi connectivity index (χ0v) is 13.5. The van der Waals surface area contributed by atoms with Crippen molar-refractivity contribution >= 4 is 5.91 Å². The first-order chi connectivity index (χ1) is 10.7. The second kappa shape index (κ2) is 6.80. The van der Waals surface area contributed by atoms with Gasteiger partial charge < -0.3 is 9.64 Å². The van der Waals surface area contributed by atoms with Crippen LogP contribution >= 0.6 is 0 Å². The Morgan fingerprint density at radius 2 is 1.82 bits per heavy atom. The number of rotatable bonds is 2. The smallest absolute Gasteiger partial charge is 0.254 e. The minimum absolute atomic E-state index is 0.184. The molecule has 0 aromatic heterocycles. The summed E-state index contributed by atoms with van der Waals surface area (Å²) in [7, 11) is 1.91. The summed E-state index contributed by atoms with van der Waals surface area (Å²) >= 11 is 0. The van der Waals surface area contributed by atoms with E-state index in [-0.39, 0.29) is 5.91 Å². The Bertz CT molecular complexity index is 499. The van der Waals surface area contributed by atoms with E-state index in [1.807, 2.05) is 11.9 Å². The highest BCUT2D eigenvalue weighted by atomic mass is 16.5. The maximum atomic E-state index is 12.4. The van der Waals surface area contributed by atoms with Gasteiger partial charge in [0.1, 0.15) is 5.60 Å². The van der Waals surface area contributed by atoms with Gasteiger partial charge in [-0.05, 0) is 37.8 Å². The highest BCUT2D eigenvalue weighted by Gasteiger charge is 2.52. The van der Waals surface area contributed by atoms with Crippen LogP contribution < -0.4 is 0 Å². The lowest BCUT2D eigenvalue weighted by Crippen LogP contribution is -2.40. The van der Waals surface area contributed by atoms with Crippen LogP contribution in [0, 0.1) is 0 Å². The van der Waals surface area contributed by atoms with Crippen molar-refractivity contribution in [3.63, 3.8) is 0 Å². The van der Waals surface area contributed by atoms with E-state index >= 15 is 0 Å². The molecule has 3 rings (SSSR count). The molecule has 1 amide bonds. The Morgan fingerprint density at radius 3 is 2.55 bits per heavy atom. The molecule has 2 fully saturated rings. The first-order valence-corrected chi connectivity index (χ1v) is 8.35. The van der Waals surface area contributed by atoms with Gasteiger partial charge in [-0.1, -0.05) is 30.3 Å². The summed E-state index contributed by atoms with van der Waals surface area (Å²) in [6.45, 7) is 4.40. The summed E-state index contributed by atoms with van der Waals surface area (Å²) in [5.74, 6) is 0.184. The van der Waals surface area contributed by atoms with E-state index in [2.05, 4.69) is 35.2 Å². The standard InChI is InChI=1S/C18H26N2O2/c1-19-11-5-6-12-20(15-16-7-3-2-4-8-16)13-14-22-18(9-10-18)17(19)21/h2-4,7-8H,5-6,9-15H2,1H3. The minimum Gasteiger partial charge on any atom is -0.364 e. The molecule has 1 saturated heterocycles. The number of amides is 1. The molecule has 1 spiro atoms. The van der Waals surface area contributed by atoms with Gasteiger partial charge >= 0.3 is 0 Å². The average Bonchev–Trinajstić information content (AvgIpc) is 3.32. The van der Waals surface area contributed by atoms with Crippen molar-refractivity contribution < 1.29 is 9.53 Å². The maximum absolute atomic E-state index is 12.4. The summed E-state index contributed by atoms with van der Waals surface area (Å²) in [6.07, 6.45) is 3.95. The second-order valence-electron chi connectivity index (χ2n) is 6.54. The Morgan fingerprint density at radius 1 is 1.09 bits per heavy atom. The summed E-state index contributed by atoms with van der Waals surface area (Å²) in [5, 5.41) is 0. The zero-order chi connectivity index (χ0) is 15.4. The number of hydrogen-bond donors (Lipinski definition) is 0. The van der Waals surface area contributed by atoms with Gasteiger partial charge in [-0.25, -0.2) is 0 Å². The maximum Gasteiger partial charge on any atom is 0.254 e. The molecule has 1 aromatic carbocycles. The molecule has 2 aliphatic rings. The molecule has 1 saturated carbocycles. The van der Waals surface area contributed by atoms with Crippen molar-refractivity contribution in [3.05, 3.63) is 35.9 Å². The monoisotopic (exact) mass is 302 g/mol. The molecule has 0 N–H and O–H groups in total. The van der Waals surface area contributed by atoms with Gasteiger partial charge in [0, 0.05) is 26.7 Å². The normalized spacial score (nSPS) is 23.3. The lowest BCUT2D eigenvalue weighted by Gasteiger charge is -2.24. The average molecular weight is 302 g/mol. The molecule has 1 aliphatic heterocycles. The lowest BCUT2D eigenvalue weighted by molar-refractivity contribution is -0.145. The molecule has 1 heterocycles. The molecule has 4 heteroatoms. The third-order valence-corrected chi connectivity index (χ3v) is 4.69. The Labute approximate surface area is 133 Å². The molecule has 0 atom stereocenters. The van der Waals surface area contributed by atoms with Crippen molar-refractivity contribution in [3.8, 4) is 0 Å². The highest BCUT2D eigenvalue weighted by Crippen LogP contribution is 2.41. The van der Waals surface area contributed by atoms with Crippen LogP contribution in [0.1, 0.15) is 31.2 Å². The van der Waals surface area contributed by atoms with Crippen LogP contribution in [0.5, 0.6) is 0 Å². The quantitative estimate of drug-likeness (QED) is 0.840. The molecule has 1 aliphatic carbocycles. The summed E-state index contributed by atoms with van der Waals surface area (Å²) in [4.78, 5) is 16.7. The molecule has 0 bridgehead atoms. The molecule has 1 aromatic rings. The van der Waals surface area contributed by atoms with Gasteiger partial charge in [0.05, 0.1) is 6.61 Å².